The maximum absolute atomic E-state index is 13.4. The van der Waals surface area contributed by atoms with Crippen LogP contribution in [0, 0.1) is 11.6 Å². The van der Waals surface area contributed by atoms with Crippen molar-refractivity contribution in [2.45, 2.75) is 6.18 Å². The van der Waals surface area contributed by atoms with Crippen molar-refractivity contribution in [3.8, 4) is 11.3 Å². The standard InChI is InChI=1S/C21H18F5N5OS/c22-15-3-1-13(9-16(15)23)17-12-33-20(28-17)29-19(32)11-30-5-7-31(8-6-30)18-4-2-14(10-27-18)21(24,25)26/h1-4,9-10,12H,5-8,11H2,(H,28,29,32). The highest BCUT2D eigenvalue weighted by Gasteiger charge is 2.31. The second-order valence-electron chi connectivity index (χ2n) is 7.38. The number of thiazole rings is 1. The summed E-state index contributed by atoms with van der Waals surface area (Å²) in [7, 11) is 0. The molecule has 0 atom stereocenters. The van der Waals surface area contributed by atoms with E-state index in [0.717, 1.165) is 24.4 Å². The molecule has 0 spiro atoms. The predicted molar refractivity (Wildman–Crippen MR) is 114 cm³/mol. The Labute approximate surface area is 189 Å². The highest BCUT2D eigenvalue weighted by Crippen LogP contribution is 2.29. The summed E-state index contributed by atoms with van der Waals surface area (Å²) in [6.45, 7) is 2.23. The fourth-order valence-electron chi connectivity index (χ4n) is 3.36. The van der Waals surface area contributed by atoms with Crippen LogP contribution in [0.1, 0.15) is 5.56 Å². The number of amides is 1. The molecule has 4 rings (SSSR count). The third-order valence-electron chi connectivity index (χ3n) is 5.10. The predicted octanol–water partition coefficient (Wildman–Crippen LogP) is 4.26. The molecule has 3 heterocycles. The Morgan fingerprint density at radius 1 is 1.06 bits per heavy atom. The highest BCUT2D eigenvalue weighted by molar-refractivity contribution is 7.14. The molecule has 0 saturated carbocycles. The van der Waals surface area contributed by atoms with Crippen molar-refractivity contribution < 1.29 is 26.7 Å². The average molecular weight is 483 g/mol. The summed E-state index contributed by atoms with van der Waals surface area (Å²) in [5.74, 6) is -1.74. The molecule has 1 saturated heterocycles. The van der Waals surface area contributed by atoms with Gasteiger partial charge < -0.3 is 10.2 Å². The quantitative estimate of drug-likeness (QED) is 0.550. The smallest absolute Gasteiger partial charge is 0.354 e. The van der Waals surface area contributed by atoms with Gasteiger partial charge in [0.2, 0.25) is 5.91 Å². The fraction of sp³-hybridized carbons (Fsp3) is 0.286. The summed E-state index contributed by atoms with van der Waals surface area (Å²) in [6, 6.07) is 5.82. The largest absolute Gasteiger partial charge is 0.417 e. The van der Waals surface area contributed by atoms with Gasteiger partial charge in [-0.2, -0.15) is 13.2 Å². The van der Waals surface area contributed by atoms with E-state index in [4.69, 9.17) is 0 Å². The number of nitrogens with one attached hydrogen (secondary N) is 1. The Morgan fingerprint density at radius 2 is 1.82 bits per heavy atom. The van der Waals surface area contributed by atoms with Crippen LogP contribution in [0.4, 0.5) is 32.9 Å². The van der Waals surface area contributed by atoms with Crippen molar-refractivity contribution in [1.82, 2.24) is 14.9 Å². The Bertz CT molecular complexity index is 1130. The zero-order valence-electron chi connectivity index (χ0n) is 17.1. The normalized spacial score (nSPS) is 15.0. The topological polar surface area (TPSA) is 61.4 Å². The van der Waals surface area contributed by atoms with E-state index in [1.54, 1.807) is 5.38 Å². The second-order valence-corrected chi connectivity index (χ2v) is 8.24. The second kappa shape index (κ2) is 9.40. The third kappa shape index (κ3) is 5.63. The van der Waals surface area contributed by atoms with Gasteiger partial charge in [-0.25, -0.2) is 18.7 Å². The van der Waals surface area contributed by atoms with Gasteiger partial charge in [0.05, 0.1) is 17.8 Å². The Morgan fingerprint density at radius 3 is 2.45 bits per heavy atom. The maximum Gasteiger partial charge on any atom is 0.417 e. The minimum atomic E-state index is -4.43. The summed E-state index contributed by atoms with van der Waals surface area (Å²) >= 11 is 1.17. The molecule has 0 radical (unpaired) electrons. The van der Waals surface area contributed by atoms with Gasteiger partial charge in [0.1, 0.15) is 5.82 Å². The Balaban J connectivity index is 1.27. The van der Waals surface area contributed by atoms with Crippen molar-refractivity contribution in [2.24, 2.45) is 0 Å². The Hall–Kier alpha value is -3.12. The van der Waals surface area contributed by atoms with Gasteiger partial charge in [-0.15, -0.1) is 11.3 Å². The van der Waals surface area contributed by atoms with E-state index in [0.29, 0.717) is 48.4 Å². The number of carbonyl (C=O) groups excluding carboxylic acids is 1. The van der Waals surface area contributed by atoms with Crippen LogP contribution in [-0.4, -0.2) is 53.5 Å². The van der Waals surface area contributed by atoms with Crippen molar-refractivity contribution >= 4 is 28.2 Å². The van der Waals surface area contributed by atoms with Gasteiger partial charge in [-0.1, -0.05) is 0 Å². The van der Waals surface area contributed by atoms with Gasteiger partial charge >= 0.3 is 6.18 Å². The summed E-state index contributed by atoms with van der Waals surface area (Å²) in [5, 5.41) is 4.67. The van der Waals surface area contributed by atoms with Gasteiger partial charge in [-0.05, 0) is 30.3 Å². The van der Waals surface area contributed by atoms with E-state index in [-0.39, 0.29) is 12.5 Å². The van der Waals surface area contributed by atoms with E-state index in [9.17, 15) is 26.7 Å². The molecule has 1 fully saturated rings. The first kappa shape index (κ1) is 23.1. The first-order valence-corrected chi connectivity index (χ1v) is 10.8. The molecule has 1 aliphatic heterocycles. The van der Waals surface area contributed by atoms with Gasteiger partial charge in [-0.3, -0.25) is 9.69 Å². The number of benzene rings is 1. The molecular formula is C21H18F5N5OS. The number of alkyl halides is 3. The molecule has 1 N–H and O–H groups in total. The lowest BCUT2D eigenvalue weighted by Crippen LogP contribution is -2.48. The lowest BCUT2D eigenvalue weighted by Gasteiger charge is -2.35. The average Bonchev–Trinajstić information content (AvgIpc) is 3.24. The van der Waals surface area contributed by atoms with Crippen LogP contribution >= 0.6 is 11.3 Å². The molecule has 1 aliphatic rings. The number of hydrogen-bond donors (Lipinski definition) is 1. The molecule has 33 heavy (non-hydrogen) atoms. The lowest BCUT2D eigenvalue weighted by atomic mass is 10.2. The summed E-state index contributed by atoms with van der Waals surface area (Å²) in [5.41, 5.74) is 0.0296. The van der Waals surface area contributed by atoms with Crippen LogP contribution in [-0.2, 0) is 11.0 Å². The molecule has 0 bridgehead atoms. The number of aromatic nitrogens is 2. The molecule has 3 aromatic rings. The lowest BCUT2D eigenvalue weighted by molar-refractivity contribution is -0.137. The first-order chi connectivity index (χ1) is 15.7. The van der Waals surface area contributed by atoms with E-state index in [1.165, 1.54) is 23.5 Å². The van der Waals surface area contributed by atoms with E-state index in [2.05, 4.69) is 15.3 Å². The number of carbonyl (C=O) groups is 1. The van der Waals surface area contributed by atoms with Crippen molar-refractivity contribution in [3.05, 3.63) is 59.1 Å². The zero-order chi connectivity index (χ0) is 23.6. The van der Waals surface area contributed by atoms with Crippen LogP contribution in [0.2, 0.25) is 0 Å². The van der Waals surface area contributed by atoms with Gasteiger partial charge in [0.15, 0.2) is 16.8 Å². The van der Waals surface area contributed by atoms with Crippen LogP contribution in [0.3, 0.4) is 0 Å². The summed E-state index contributed by atoms with van der Waals surface area (Å²) < 4.78 is 64.5. The number of rotatable bonds is 5. The first-order valence-electron chi connectivity index (χ1n) is 9.90. The number of piperazine rings is 1. The van der Waals surface area contributed by atoms with Crippen molar-refractivity contribution in [2.75, 3.05) is 42.9 Å². The summed E-state index contributed by atoms with van der Waals surface area (Å²) in [6.07, 6.45) is -3.61. The van der Waals surface area contributed by atoms with Gasteiger partial charge in [0, 0.05) is 43.3 Å². The molecule has 1 aromatic carbocycles. The number of nitrogens with zero attached hydrogens (tertiary/aromatic N) is 4. The number of pyridine rings is 1. The minimum Gasteiger partial charge on any atom is -0.354 e. The summed E-state index contributed by atoms with van der Waals surface area (Å²) in [4.78, 5) is 24.3. The highest BCUT2D eigenvalue weighted by atomic mass is 32.1. The number of hydrogen-bond acceptors (Lipinski definition) is 6. The van der Waals surface area contributed by atoms with E-state index in [1.807, 2.05) is 9.80 Å². The van der Waals surface area contributed by atoms with Crippen LogP contribution in [0.5, 0.6) is 0 Å². The van der Waals surface area contributed by atoms with Crippen LogP contribution in [0.15, 0.2) is 41.9 Å². The molecule has 174 valence electrons. The molecular weight excluding hydrogens is 465 g/mol. The van der Waals surface area contributed by atoms with E-state index < -0.39 is 23.4 Å². The molecule has 0 unspecified atom stereocenters. The van der Waals surface area contributed by atoms with Gasteiger partial charge in [0.25, 0.3) is 0 Å². The minimum absolute atomic E-state index is 0.119. The van der Waals surface area contributed by atoms with Crippen LogP contribution in [0.25, 0.3) is 11.3 Å². The monoisotopic (exact) mass is 483 g/mol. The third-order valence-corrected chi connectivity index (χ3v) is 5.86. The zero-order valence-corrected chi connectivity index (χ0v) is 17.9. The van der Waals surface area contributed by atoms with Crippen molar-refractivity contribution in [1.29, 1.82) is 0 Å². The maximum atomic E-state index is 13.4. The number of anilines is 2. The molecule has 2 aromatic heterocycles. The SMILES string of the molecule is O=C(CN1CCN(c2ccc(C(F)(F)F)cn2)CC1)Nc1nc(-c2ccc(F)c(F)c2)cs1. The Kier molecular flexibility index (Phi) is 6.56. The molecule has 1 amide bonds. The molecule has 6 nitrogen and oxygen atoms in total. The molecule has 0 aliphatic carbocycles. The van der Waals surface area contributed by atoms with Crippen molar-refractivity contribution in [3.63, 3.8) is 0 Å². The molecule has 12 heteroatoms. The van der Waals surface area contributed by atoms with Crippen LogP contribution < -0.4 is 10.2 Å². The fourth-order valence-corrected chi connectivity index (χ4v) is 4.09. The number of halogens is 5. The van der Waals surface area contributed by atoms with E-state index >= 15 is 0 Å².